The molecule has 0 saturated carbocycles. The normalized spacial score (nSPS) is 26.1. The van der Waals surface area contributed by atoms with E-state index in [0.29, 0.717) is 13.1 Å². The summed E-state index contributed by atoms with van der Waals surface area (Å²) in [5.41, 5.74) is 0. The maximum absolute atomic E-state index is 12.0. The molecule has 7 nitrogen and oxygen atoms in total. The average molecular weight is 279 g/mol. The van der Waals surface area contributed by atoms with Crippen LogP contribution in [0.4, 0.5) is 4.79 Å². The van der Waals surface area contributed by atoms with Gasteiger partial charge in [-0.25, -0.2) is 9.52 Å². The van der Waals surface area contributed by atoms with E-state index in [9.17, 15) is 13.2 Å². The molecular weight excluding hydrogens is 258 g/mol. The predicted octanol–water partition coefficient (Wildman–Crippen LogP) is 0.0480. The third-order valence-corrected chi connectivity index (χ3v) is 4.12. The number of nitrogens with one attached hydrogen (secondary N) is 2. The lowest BCUT2D eigenvalue weighted by Gasteiger charge is -2.35. The molecule has 106 valence electrons. The Hall–Kier alpha value is -0.860. The van der Waals surface area contributed by atoms with Gasteiger partial charge in [-0.15, -0.1) is 0 Å². The molecular formula is C10H21N3O4S. The molecule has 0 aromatic carbocycles. The van der Waals surface area contributed by atoms with E-state index in [0.717, 1.165) is 0 Å². The van der Waals surface area contributed by atoms with Crippen molar-refractivity contribution in [1.29, 1.82) is 0 Å². The number of piperazine rings is 1. The molecule has 1 saturated heterocycles. The molecule has 0 aromatic rings. The molecule has 18 heavy (non-hydrogen) atoms. The molecule has 1 aliphatic heterocycles. The van der Waals surface area contributed by atoms with Gasteiger partial charge in [-0.2, -0.15) is 12.7 Å². The molecule has 1 amide bonds. The lowest BCUT2D eigenvalue weighted by Crippen LogP contribution is -2.59. The van der Waals surface area contributed by atoms with E-state index in [4.69, 9.17) is 4.74 Å². The van der Waals surface area contributed by atoms with Crippen molar-refractivity contribution >= 4 is 16.3 Å². The Morgan fingerprint density at radius 2 is 2.06 bits per heavy atom. The maximum Gasteiger partial charge on any atom is 0.422 e. The Morgan fingerprint density at radius 3 is 2.61 bits per heavy atom. The van der Waals surface area contributed by atoms with Crippen LogP contribution in [-0.2, 0) is 14.9 Å². The Kier molecular flexibility index (Phi) is 4.94. The SMILES string of the molecule is CC1CN(S(=O)(=O)NC(=O)OC(C)C)C(C)CN1. The Bertz CT molecular complexity index is 396. The van der Waals surface area contributed by atoms with Gasteiger partial charge in [0.15, 0.2) is 0 Å². The Labute approximate surface area is 108 Å². The van der Waals surface area contributed by atoms with Crippen LogP contribution in [0.15, 0.2) is 0 Å². The van der Waals surface area contributed by atoms with Crippen LogP contribution in [0.25, 0.3) is 0 Å². The van der Waals surface area contributed by atoms with Gasteiger partial charge in [0.2, 0.25) is 0 Å². The lowest BCUT2D eigenvalue weighted by molar-refractivity contribution is 0.120. The molecule has 1 fully saturated rings. The number of amides is 1. The molecule has 1 aliphatic rings. The molecule has 0 spiro atoms. The molecule has 0 radical (unpaired) electrons. The van der Waals surface area contributed by atoms with Gasteiger partial charge in [0, 0.05) is 25.2 Å². The molecule has 0 aliphatic carbocycles. The van der Waals surface area contributed by atoms with Crippen molar-refractivity contribution in [1.82, 2.24) is 14.3 Å². The van der Waals surface area contributed by atoms with Crippen LogP contribution < -0.4 is 10.0 Å². The van der Waals surface area contributed by atoms with Gasteiger partial charge in [-0.3, -0.25) is 0 Å². The minimum absolute atomic E-state index is 0.0545. The number of ether oxygens (including phenoxy) is 1. The standard InChI is InChI=1S/C10H21N3O4S/c1-7(2)17-10(14)12-18(15,16)13-6-8(3)11-5-9(13)4/h7-9,11H,5-6H2,1-4H3,(H,12,14). The molecule has 2 unspecified atom stereocenters. The summed E-state index contributed by atoms with van der Waals surface area (Å²) in [6.07, 6.45) is -1.30. The summed E-state index contributed by atoms with van der Waals surface area (Å²) in [5.74, 6) is 0. The molecule has 2 atom stereocenters. The first-order valence-electron chi connectivity index (χ1n) is 5.96. The predicted molar refractivity (Wildman–Crippen MR) is 67.3 cm³/mol. The van der Waals surface area contributed by atoms with Gasteiger partial charge in [0.05, 0.1) is 6.10 Å². The van der Waals surface area contributed by atoms with Crippen molar-refractivity contribution in [3.63, 3.8) is 0 Å². The number of rotatable bonds is 3. The second-order valence-electron chi connectivity index (χ2n) is 4.79. The summed E-state index contributed by atoms with van der Waals surface area (Å²) in [7, 11) is -3.84. The number of carbonyl (C=O) groups is 1. The van der Waals surface area contributed by atoms with Crippen LogP contribution >= 0.6 is 0 Å². The van der Waals surface area contributed by atoms with Gasteiger partial charge in [0.1, 0.15) is 0 Å². The zero-order valence-corrected chi connectivity index (χ0v) is 12.0. The Morgan fingerprint density at radius 1 is 1.44 bits per heavy atom. The van der Waals surface area contributed by atoms with Crippen molar-refractivity contribution < 1.29 is 17.9 Å². The van der Waals surface area contributed by atoms with E-state index in [-0.39, 0.29) is 18.2 Å². The number of nitrogens with zero attached hydrogens (tertiary/aromatic N) is 1. The smallest absolute Gasteiger partial charge is 0.422 e. The Balaban J connectivity index is 2.70. The zero-order valence-electron chi connectivity index (χ0n) is 11.1. The summed E-state index contributed by atoms with van der Waals surface area (Å²) < 4.78 is 32.0. The van der Waals surface area contributed by atoms with E-state index < -0.39 is 16.3 Å². The van der Waals surface area contributed by atoms with E-state index >= 15 is 0 Å². The minimum atomic E-state index is -3.84. The van der Waals surface area contributed by atoms with Crippen molar-refractivity contribution in [2.45, 2.75) is 45.9 Å². The average Bonchev–Trinajstić information content (AvgIpc) is 2.19. The summed E-state index contributed by atoms with van der Waals surface area (Å²) in [5, 5.41) is 3.17. The summed E-state index contributed by atoms with van der Waals surface area (Å²) in [6.45, 7) is 7.86. The highest BCUT2D eigenvalue weighted by atomic mass is 32.2. The van der Waals surface area contributed by atoms with Gasteiger partial charge in [0.25, 0.3) is 0 Å². The van der Waals surface area contributed by atoms with Gasteiger partial charge in [-0.05, 0) is 27.7 Å². The van der Waals surface area contributed by atoms with Crippen molar-refractivity contribution in [2.75, 3.05) is 13.1 Å². The van der Waals surface area contributed by atoms with Gasteiger partial charge < -0.3 is 10.1 Å². The zero-order chi connectivity index (χ0) is 13.9. The lowest BCUT2D eigenvalue weighted by atomic mass is 10.2. The number of hydrogen-bond donors (Lipinski definition) is 2. The molecule has 2 N–H and O–H groups in total. The van der Waals surface area contributed by atoms with Crippen molar-refractivity contribution in [3.8, 4) is 0 Å². The maximum atomic E-state index is 12.0. The number of carbonyl (C=O) groups excluding carboxylic acids is 1. The monoisotopic (exact) mass is 279 g/mol. The third-order valence-electron chi connectivity index (χ3n) is 2.57. The first-order chi connectivity index (χ1) is 8.22. The highest BCUT2D eigenvalue weighted by molar-refractivity contribution is 7.87. The van der Waals surface area contributed by atoms with Crippen LogP contribution in [0.5, 0.6) is 0 Å². The van der Waals surface area contributed by atoms with Crippen LogP contribution in [-0.4, -0.2) is 50.1 Å². The largest absolute Gasteiger partial charge is 0.446 e. The second-order valence-corrected chi connectivity index (χ2v) is 6.41. The first kappa shape index (κ1) is 15.2. The van der Waals surface area contributed by atoms with Gasteiger partial charge in [-0.1, -0.05) is 0 Å². The molecule has 8 heteroatoms. The van der Waals surface area contributed by atoms with E-state index in [1.54, 1.807) is 20.8 Å². The molecule has 1 rings (SSSR count). The molecule has 1 heterocycles. The van der Waals surface area contributed by atoms with Crippen LogP contribution in [0.3, 0.4) is 0 Å². The fraction of sp³-hybridized carbons (Fsp3) is 0.900. The van der Waals surface area contributed by atoms with E-state index in [1.807, 2.05) is 11.6 Å². The minimum Gasteiger partial charge on any atom is -0.446 e. The second kappa shape index (κ2) is 5.85. The van der Waals surface area contributed by atoms with Gasteiger partial charge >= 0.3 is 16.3 Å². The summed E-state index contributed by atoms with van der Waals surface area (Å²) in [4.78, 5) is 11.3. The van der Waals surface area contributed by atoms with Crippen molar-refractivity contribution in [3.05, 3.63) is 0 Å². The summed E-state index contributed by atoms with van der Waals surface area (Å²) in [6, 6.07) is -0.149. The first-order valence-corrected chi connectivity index (χ1v) is 7.40. The highest BCUT2D eigenvalue weighted by Crippen LogP contribution is 2.11. The van der Waals surface area contributed by atoms with Crippen molar-refractivity contribution in [2.24, 2.45) is 0 Å². The number of hydrogen-bond acceptors (Lipinski definition) is 5. The highest BCUT2D eigenvalue weighted by Gasteiger charge is 2.33. The van der Waals surface area contributed by atoms with Crippen LogP contribution in [0.1, 0.15) is 27.7 Å². The van der Waals surface area contributed by atoms with Crippen LogP contribution in [0.2, 0.25) is 0 Å². The third kappa shape index (κ3) is 4.11. The summed E-state index contributed by atoms with van der Waals surface area (Å²) >= 11 is 0. The fourth-order valence-electron chi connectivity index (χ4n) is 1.73. The van der Waals surface area contributed by atoms with Crippen LogP contribution in [0, 0.1) is 0 Å². The quantitative estimate of drug-likeness (QED) is 0.762. The molecule has 0 bridgehead atoms. The topological polar surface area (TPSA) is 87.7 Å². The van der Waals surface area contributed by atoms with E-state index in [2.05, 4.69) is 5.32 Å². The van der Waals surface area contributed by atoms with E-state index in [1.165, 1.54) is 4.31 Å². The fourth-order valence-corrected chi connectivity index (χ4v) is 3.07. The molecule has 0 aromatic heterocycles.